The molecule has 0 aromatic carbocycles. The Morgan fingerprint density at radius 2 is 1.77 bits per heavy atom. The Balaban J connectivity index is 2.28. The summed E-state index contributed by atoms with van der Waals surface area (Å²) in [6.45, 7) is 6.94. The fourth-order valence-electron chi connectivity index (χ4n) is 2.50. The van der Waals surface area contributed by atoms with E-state index in [1.165, 1.54) is 44.9 Å². The summed E-state index contributed by atoms with van der Waals surface area (Å²) in [5.74, 6) is 0. The van der Waals surface area contributed by atoms with Crippen LogP contribution in [0.1, 0.15) is 65.7 Å². The summed E-state index contributed by atoms with van der Waals surface area (Å²) in [6, 6.07) is 0.801. The third kappa shape index (κ3) is 4.12. The van der Waals surface area contributed by atoms with Gasteiger partial charge in [-0.05, 0) is 33.1 Å². The van der Waals surface area contributed by atoms with Gasteiger partial charge >= 0.3 is 0 Å². The molecule has 13 heavy (non-hydrogen) atoms. The summed E-state index contributed by atoms with van der Waals surface area (Å²) < 4.78 is 0. The van der Waals surface area contributed by atoms with Crippen molar-refractivity contribution in [3.63, 3.8) is 0 Å². The Morgan fingerprint density at radius 3 is 2.31 bits per heavy atom. The minimum absolute atomic E-state index is 0.358. The van der Waals surface area contributed by atoms with E-state index in [4.69, 9.17) is 0 Å². The van der Waals surface area contributed by atoms with Crippen LogP contribution >= 0.6 is 0 Å². The van der Waals surface area contributed by atoms with Crippen molar-refractivity contribution in [2.75, 3.05) is 0 Å². The highest BCUT2D eigenvalue weighted by molar-refractivity contribution is 4.83. The van der Waals surface area contributed by atoms with E-state index in [2.05, 4.69) is 26.1 Å². The minimum Gasteiger partial charge on any atom is -0.309 e. The average molecular weight is 183 g/mol. The molecule has 0 aromatic rings. The summed E-state index contributed by atoms with van der Waals surface area (Å²) in [5.41, 5.74) is 0.358. The zero-order valence-corrected chi connectivity index (χ0v) is 9.53. The second-order valence-electron chi connectivity index (χ2n) is 5.11. The molecule has 0 spiro atoms. The van der Waals surface area contributed by atoms with E-state index in [1.54, 1.807) is 0 Å². The molecule has 0 bridgehead atoms. The fraction of sp³-hybridized carbons (Fsp3) is 1.00. The van der Waals surface area contributed by atoms with E-state index in [9.17, 15) is 0 Å². The molecule has 1 N–H and O–H groups in total. The van der Waals surface area contributed by atoms with Crippen LogP contribution in [0.5, 0.6) is 0 Å². The van der Waals surface area contributed by atoms with Gasteiger partial charge in [0, 0.05) is 11.6 Å². The fourth-order valence-corrected chi connectivity index (χ4v) is 2.50. The molecular weight excluding hydrogens is 158 g/mol. The van der Waals surface area contributed by atoms with Gasteiger partial charge in [-0.3, -0.25) is 0 Å². The van der Waals surface area contributed by atoms with Crippen LogP contribution in [0.15, 0.2) is 0 Å². The van der Waals surface area contributed by atoms with Gasteiger partial charge in [-0.1, -0.05) is 32.6 Å². The molecule has 1 aliphatic rings. The lowest BCUT2D eigenvalue weighted by molar-refractivity contribution is 0.266. The van der Waals surface area contributed by atoms with E-state index in [0.29, 0.717) is 5.54 Å². The Bertz CT molecular complexity index is 134. The molecule has 1 heteroatoms. The van der Waals surface area contributed by atoms with E-state index in [-0.39, 0.29) is 0 Å². The summed E-state index contributed by atoms with van der Waals surface area (Å²) in [4.78, 5) is 0. The second kappa shape index (κ2) is 4.99. The van der Waals surface area contributed by atoms with Crippen molar-refractivity contribution in [1.82, 2.24) is 5.32 Å². The topological polar surface area (TPSA) is 12.0 Å². The van der Waals surface area contributed by atoms with Crippen molar-refractivity contribution in [2.24, 2.45) is 0 Å². The highest BCUT2D eigenvalue weighted by Crippen LogP contribution is 2.21. The van der Waals surface area contributed by atoms with E-state index in [1.807, 2.05) is 0 Å². The molecule has 0 aliphatic heterocycles. The lowest BCUT2D eigenvalue weighted by atomic mass is 9.91. The molecule has 0 saturated heterocycles. The average Bonchev–Trinajstić information content (AvgIpc) is 2.04. The molecule has 1 aliphatic carbocycles. The van der Waals surface area contributed by atoms with Gasteiger partial charge in [0.25, 0.3) is 0 Å². The Hall–Kier alpha value is -0.0400. The first kappa shape index (κ1) is 11.0. The first-order valence-corrected chi connectivity index (χ1v) is 5.92. The molecular formula is C12H25N. The van der Waals surface area contributed by atoms with Gasteiger partial charge in [-0.25, -0.2) is 0 Å². The molecule has 1 saturated carbocycles. The van der Waals surface area contributed by atoms with Crippen LogP contribution in [0.2, 0.25) is 0 Å². The Labute approximate surface area is 83.3 Å². The van der Waals surface area contributed by atoms with E-state index >= 15 is 0 Å². The first-order chi connectivity index (χ1) is 6.14. The largest absolute Gasteiger partial charge is 0.309 e. The quantitative estimate of drug-likeness (QED) is 0.703. The summed E-state index contributed by atoms with van der Waals surface area (Å²) >= 11 is 0. The van der Waals surface area contributed by atoms with Gasteiger partial charge in [-0.2, -0.15) is 0 Å². The van der Waals surface area contributed by atoms with Crippen molar-refractivity contribution in [3.8, 4) is 0 Å². The highest BCUT2D eigenvalue weighted by Gasteiger charge is 2.22. The van der Waals surface area contributed by atoms with Crippen LogP contribution < -0.4 is 5.32 Å². The number of rotatable bonds is 4. The van der Waals surface area contributed by atoms with Gasteiger partial charge in [0.05, 0.1) is 0 Å². The minimum atomic E-state index is 0.358. The molecule has 1 nitrogen and oxygen atoms in total. The normalized spacial score (nSPS) is 20.5. The smallest absolute Gasteiger partial charge is 0.0127 e. The molecule has 0 amide bonds. The number of hydrogen-bond acceptors (Lipinski definition) is 1. The summed E-state index contributed by atoms with van der Waals surface area (Å²) in [5, 5.41) is 3.80. The maximum Gasteiger partial charge on any atom is 0.0127 e. The number of nitrogens with one attached hydrogen (secondary N) is 1. The zero-order valence-electron chi connectivity index (χ0n) is 9.53. The van der Waals surface area contributed by atoms with Crippen LogP contribution in [-0.4, -0.2) is 11.6 Å². The predicted octanol–water partition coefficient (Wildman–Crippen LogP) is 3.49. The van der Waals surface area contributed by atoms with Crippen LogP contribution in [0.25, 0.3) is 0 Å². The highest BCUT2D eigenvalue weighted by atomic mass is 15.0. The van der Waals surface area contributed by atoms with Crippen LogP contribution in [-0.2, 0) is 0 Å². The van der Waals surface area contributed by atoms with Crippen molar-refractivity contribution >= 4 is 0 Å². The second-order valence-corrected chi connectivity index (χ2v) is 5.11. The van der Waals surface area contributed by atoms with Gasteiger partial charge in [0.1, 0.15) is 0 Å². The maximum absolute atomic E-state index is 3.80. The van der Waals surface area contributed by atoms with Gasteiger partial charge < -0.3 is 5.32 Å². The molecule has 78 valence electrons. The van der Waals surface area contributed by atoms with Crippen LogP contribution in [0, 0.1) is 0 Å². The standard InChI is InChI=1S/C12H25N/c1-4-10-12(2,3)13-11-8-6-5-7-9-11/h11,13H,4-10H2,1-3H3. The molecule has 0 radical (unpaired) electrons. The molecule has 1 fully saturated rings. The Kier molecular flexibility index (Phi) is 4.24. The van der Waals surface area contributed by atoms with Gasteiger partial charge in [0.2, 0.25) is 0 Å². The first-order valence-electron chi connectivity index (χ1n) is 5.92. The van der Waals surface area contributed by atoms with Gasteiger partial charge in [-0.15, -0.1) is 0 Å². The zero-order chi connectivity index (χ0) is 9.73. The SMILES string of the molecule is CCCC(C)(C)NC1CCCCC1. The summed E-state index contributed by atoms with van der Waals surface area (Å²) in [7, 11) is 0. The van der Waals surface area contributed by atoms with Crippen molar-refractivity contribution in [2.45, 2.75) is 77.3 Å². The molecule has 0 heterocycles. The Morgan fingerprint density at radius 1 is 1.15 bits per heavy atom. The van der Waals surface area contributed by atoms with Crippen LogP contribution in [0.4, 0.5) is 0 Å². The third-order valence-corrected chi connectivity index (χ3v) is 3.08. The van der Waals surface area contributed by atoms with Crippen molar-refractivity contribution in [3.05, 3.63) is 0 Å². The molecule has 1 rings (SSSR count). The lowest BCUT2D eigenvalue weighted by Crippen LogP contribution is -2.46. The van der Waals surface area contributed by atoms with E-state index < -0.39 is 0 Å². The summed E-state index contributed by atoms with van der Waals surface area (Å²) in [6.07, 6.45) is 9.68. The van der Waals surface area contributed by atoms with Crippen LogP contribution in [0.3, 0.4) is 0 Å². The third-order valence-electron chi connectivity index (χ3n) is 3.08. The molecule has 0 aromatic heterocycles. The predicted molar refractivity (Wildman–Crippen MR) is 59.0 cm³/mol. The molecule has 0 unspecified atom stereocenters. The van der Waals surface area contributed by atoms with Crippen molar-refractivity contribution < 1.29 is 0 Å². The number of hydrogen-bond donors (Lipinski definition) is 1. The maximum atomic E-state index is 3.80. The molecule has 0 atom stereocenters. The monoisotopic (exact) mass is 183 g/mol. The van der Waals surface area contributed by atoms with E-state index in [0.717, 1.165) is 6.04 Å². The lowest BCUT2D eigenvalue weighted by Gasteiger charge is -2.33. The van der Waals surface area contributed by atoms with Gasteiger partial charge in [0.15, 0.2) is 0 Å². The van der Waals surface area contributed by atoms with Crippen molar-refractivity contribution in [1.29, 1.82) is 0 Å².